The van der Waals surface area contributed by atoms with E-state index < -0.39 is 26.9 Å². The molecule has 1 aliphatic heterocycles. The third-order valence-electron chi connectivity index (χ3n) is 4.35. The van der Waals surface area contributed by atoms with Gasteiger partial charge in [-0.2, -0.15) is 4.31 Å². The zero-order valence-corrected chi connectivity index (χ0v) is 16.7. The first-order chi connectivity index (χ1) is 13.2. The number of nitrogens with one attached hydrogen (secondary N) is 1. The van der Waals surface area contributed by atoms with Crippen molar-refractivity contribution in [3.8, 4) is 0 Å². The lowest BCUT2D eigenvalue weighted by atomic mass is 10.2. The number of benzene rings is 2. The Morgan fingerprint density at radius 2 is 1.86 bits per heavy atom. The summed E-state index contributed by atoms with van der Waals surface area (Å²) in [6, 6.07) is 8.37. The van der Waals surface area contributed by atoms with Crippen LogP contribution in [0.1, 0.15) is 12.8 Å². The van der Waals surface area contributed by atoms with E-state index in [1.54, 1.807) is 0 Å². The second-order valence-corrected chi connectivity index (χ2v) is 8.87. The fourth-order valence-electron chi connectivity index (χ4n) is 2.97. The van der Waals surface area contributed by atoms with E-state index in [1.807, 2.05) is 0 Å². The number of nitro benzene ring substituents is 1. The molecule has 1 unspecified atom stereocenters. The summed E-state index contributed by atoms with van der Waals surface area (Å²) >= 11 is 11.8. The fourth-order valence-corrected chi connectivity index (χ4v) is 4.92. The molecule has 148 valence electrons. The van der Waals surface area contributed by atoms with Crippen LogP contribution >= 0.6 is 23.2 Å². The Bertz CT molecular complexity index is 1030. The van der Waals surface area contributed by atoms with Gasteiger partial charge in [0.1, 0.15) is 6.04 Å². The molecule has 0 bridgehead atoms. The molecule has 0 spiro atoms. The van der Waals surface area contributed by atoms with Crippen LogP contribution in [-0.2, 0) is 14.8 Å². The second kappa shape index (κ2) is 8.04. The largest absolute Gasteiger partial charge is 0.323 e. The molecule has 1 N–H and O–H groups in total. The van der Waals surface area contributed by atoms with Gasteiger partial charge in [0.15, 0.2) is 0 Å². The van der Waals surface area contributed by atoms with E-state index in [4.69, 9.17) is 23.2 Å². The first-order valence-electron chi connectivity index (χ1n) is 8.22. The third-order valence-corrected chi connectivity index (χ3v) is 6.85. The van der Waals surface area contributed by atoms with E-state index in [-0.39, 0.29) is 27.8 Å². The van der Waals surface area contributed by atoms with Crippen LogP contribution in [0, 0.1) is 10.1 Å². The zero-order valence-electron chi connectivity index (χ0n) is 14.3. The molecule has 28 heavy (non-hydrogen) atoms. The van der Waals surface area contributed by atoms with Crippen molar-refractivity contribution in [2.75, 3.05) is 11.9 Å². The van der Waals surface area contributed by atoms with Crippen molar-refractivity contribution in [1.29, 1.82) is 0 Å². The van der Waals surface area contributed by atoms with Gasteiger partial charge >= 0.3 is 0 Å². The van der Waals surface area contributed by atoms with Gasteiger partial charge in [-0.25, -0.2) is 8.42 Å². The minimum atomic E-state index is -3.90. The topological polar surface area (TPSA) is 110 Å². The highest BCUT2D eigenvalue weighted by molar-refractivity contribution is 7.89. The highest BCUT2D eigenvalue weighted by Gasteiger charge is 2.39. The molecule has 3 rings (SSSR count). The Balaban J connectivity index is 1.85. The number of rotatable bonds is 5. The summed E-state index contributed by atoms with van der Waals surface area (Å²) in [5, 5.41) is 13.9. The van der Waals surface area contributed by atoms with Crippen molar-refractivity contribution in [2.24, 2.45) is 0 Å². The quantitative estimate of drug-likeness (QED) is 0.559. The molecule has 1 heterocycles. The Hall–Kier alpha value is -2.20. The monoisotopic (exact) mass is 443 g/mol. The summed E-state index contributed by atoms with van der Waals surface area (Å²) in [7, 11) is -3.90. The number of sulfonamides is 1. The van der Waals surface area contributed by atoms with Crippen LogP contribution in [0.5, 0.6) is 0 Å². The van der Waals surface area contributed by atoms with E-state index >= 15 is 0 Å². The van der Waals surface area contributed by atoms with E-state index in [9.17, 15) is 23.3 Å². The third kappa shape index (κ3) is 4.12. The smallest absolute Gasteiger partial charge is 0.271 e. The second-order valence-electron chi connectivity index (χ2n) is 6.14. The predicted octanol–water partition coefficient (Wildman–Crippen LogP) is 3.69. The number of anilines is 1. The van der Waals surface area contributed by atoms with E-state index in [0.717, 1.165) is 10.4 Å². The molecule has 1 saturated heterocycles. The summed E-state index contributed by atoms with van der Waals surface area (Å²) in [5.74, 6) is -0.600. The van der Waals surface area contributed by atoms with Crippen molar-refractivity contribution in [3.63, 3.8) is 0 Å². The van der Waals surface area contributed by atoms with Crippen LogP contribution in [0.4, 0.5) is 11.4 Å². The lowest BCUT2D eigenvalue weighted by Crippen LogP contribution is -2.43. The lowest BCUT2D eigenvalue weighted by Gasteiger charge is -2.23. The number of amides is 1. The predicted molar refractivity (Wildman–Crippen MR) is 105 cm³/mol. The summed E-state index contributed by atoms with van der Waals surface area (Å²) in [4.78, 5) is 23.1. The molecular weight excluding hydrogens is 429 g/mol. The molecule has 1 aliphatic rings. The molecule has 8 nitrogen and oxygen atoms in total. The summed E-state index contributed by atoms with van der Waals surface area (Å²) in [6.45, 7) is 0.186. The van der Waals surface area contributed by atoms with Crippen molar-refractivity contribution in [1.82, 2.24) is 4.31 Å². The number of hydrogen-bond acceptors (Lipinski definition) is 5. The van der Waals surface area contributed by atoms with Gasteiger partial charge in [0.05, 0.1) is 20.5 Å². The maximum Gasteiger partial charge on any atom is 0.271 e. The summed E-state index contributed by atoms with van der Waals surface area (Å²) < 4.78 is 26.9. The Morgan fingerprint density at radius 3 is 2.50 bits per heavy atom. The number of carbonyl (C=O) groups is 1. The van der Waals surface area contributed by atoms with Gasteiger partial charge < -0.3 is 5.32 Å². The number of carbonyl (C=O) groups excluding carboxylic acids is 1. The van der Waals surface area contributed by atoms with Gasteiger partial charge in [-0.3, -0.25) is 14.9 Å². The molecule has 0 radical (unpaired) electrons. The minimum absolute atomic E-state index is 0.0324. The number of hydrogen-bond donors (Lipinski definition) is 1. The fraction of sp³-hybridized carbons (Fsp3) is 0.235. The van der Waals surface area contributed by atoms with Crippen LogP contribution in [0.2, 0.25) is 10.0 Å². The number of non-ortho nitro benzene ring substituents is 1. The highest BCUT2D eigenvalue weighted by atomic mass is 35.5. The SMILES string of the molecule is O=C(Nc1cc([N+](=O)[O-])ccc1Cl)C1CCCN1S(=O)(=O)c1ccc(Cl)cc1. The molecular formula is C17H15Cl2N3O5S. The van der Waals surface area contributed by atoms with E-state index in [0.29, 0.717) is 17.9 Å². The molecule has 0 saturated carbocycles. The van der Waals surface area contributed by atoms with Gasteiger partial charge in [0.2, 0.25) is 15.9 Å². The van der Waals surface area contributed by atoms with Gasteiger partial charge in [-0.1, -0.05) is 23.2 Å². The molecule has 2 aromatic rings. The number of nitro groups is 1. The number of halogens is 2. The molecule has 0 aliphatic carbocycles. The van der Waals surface area contributed by atoms with Crippen LogP contribution in [-0.4, -0.2) is 36.1 Å². The molecule has 11 heteroatoms. The molecule has 2 aromatic carbocycles. The highest BCUT2D eigenvalue weighted by Crippen LogP contribution is 2.30. The zero-order chi connectivity index (χ0) is 20.5. The first kappa shape index (κ1) is 20.5. The maximum absolute atomic E-state index is 12.9. The lowest BCUT2D eigenvalue weighted by molar-refractivity contribution is -0.384. The number of nitrogens with zero attached hydrogens (tertiary/aromatic N) is 2. The van der Waals surface area contributed by atoms with Gasteiger partial charge in [0.25, 0.3) is 5.69 Å². The Morgan fingerprint density at radius 1 is 1.18 bits per heavy atom. The molecule has 1 amide bonds. The van der Waals surface area contributed by atoms with E-state index in [2.05, 4.69) is 5.32 Å². The van der Waals surface area contributed by atoms with Gasteiger partial charge in [-0.15, -0.1) is 0 Å². The Kier molecular flexibility index (Phi) is 5.90. The van der Waals surface area contributed by atoms with Crippen LogP contribution < -0.4 is 5.32 Å². The normalized spacial score (nSPS) is 17.4. The van der Waals surface area contributed by atoms with Crippen LogP contribution in [0.3, 0.4) is 0 Å². The first-order valence-corrected chi connectivity index (χ1v) is 10.4. The van der Waals surface area contributed by atoms with Gasteiger partial charge in [0, 0.05) is 23.7 Å². The Labute approximate surface area is 171 Å². The van der Waals surface area contributed by atoms with Crippen molar-refractivity contribution in [3.05, 3.63) is 62.6 Å². The van der Waals surface area contributed by atoms with Crippen LogP contribution in [0.15, 0.2) is 47.4 Å². The van der Waals surface area contributed by atoms with Crippen LogP contribution in [0.25, 0.3) is 0 Å². The standard InChI is InChI=1S/C17H15Cl2N3O5S/c18-11-3-6-13(7-4-11)28(26,27)21-9-1-2-16(21)17(23)20-15-10-12(22(24)25)5-8-14(15)19/h3-8,10,16H,1-2,9H2,(H,20,23). The molecule has 0 aromatic heterocycles. The van der Waals surface area contributed by atoms with Crippen molar-refractivity contribution < 1.29 is 18.1 Å². The van der Waals surface area contributed by atoms with E-state index in [1.165, 1.54) is 36.4 Å². The van der Waals surface area contributed by atoms with Crippen molar-refractivity contribution >= 4 is 50.5 Å². The average Bonchev–Trinajstić information content (AvgIpc) is 3.14. The molecule has 1 atom stereocenters. The maximum atomic E-state index is 12.9. The summed E-state index contributed by atoms with van der Waals surface area (Å²) in [6.07, 6.45) is 0.832. The summed E-state index contributed by atoms with van der Waals surface area (Å²) in [5.41, 5.74) is -0.187. The average molecular weight is 444 g/mol. The minimum Gasteiger partial charge on any atom is -0.323 e. The van der Waals surface area contributed by atoms with Gasteiger partial charge in [-0.05, 0) is 43.2 Å². The molecule has 1 fully saturated rings. The van der Waals surface area contributed by atoms with Crippen molar-refractivity contribution in [2.45, 2.75) is 23.8 Å².